The summed E-state index contributed by atoms with van der Waals surface area (Å²) in [7, 11) is 0. The van der Waals surface area contributed by atoms with E-state index >= 15 is 0 Å². The molecule has 2 saturated heterocycles. The molecule has 0 aromatic heterocycles. The van der Waals surface area contributed by atoms with Crippen LogP contribution in [0.3, 0.4) is 0 Å². The third-order valence-corrected chi connectivity index (χ3v) is 18.7. The number of unbranched alkanes of at least 4 members (excludes halogenated alkanes) is 43. The number of nitrogens with one attached hydrogen (secondary N) is 1. The predicted molar refractivity (Wildman–Crippen MR) is 378 cm³/mol. The van der Waals surface area contributed by atoms with Crippen LogP contribution >= 0.6 is 0 Å². The van der Waals surface area contributed by atoms with Crippen molar-refractivity contribution in [3.63, 3.8) is 0 Å². The molecule has 92 heavy (non-hydrogen) atoms. The van der Waals surface area contributed by atoms with Gasteiger partial charge in [0.15, 0.2) is 12.6 Å². The van der Waals surface area contributed by atoms with Crippen LogP contribution in [-0.2, 0) is 23.7 Å². The Kier molecular flexibility index (Phi) is 58.0. The zero-order chi connectivity index (χ0) is 66.6. The lowest BCUT2D eigenvalue weighted by Crippen LogP contribution is -2.65. The van der Waals surface area contributed by atoms with Crippen molar-refractivity contribution in [1.82, 2.24) is 5.32 Å². The lowest BCUT2D eigenvalue weighted by Gasteiger charge is -2.46. The monoisotopic (exact) mass is 1300 g/mol. The van der Waals surface area contributed by atoms with Crippen molar-refractivity contribution in [3.05, 3.63) is 60.8 Å². The van der Waals surface area contributed by atoms with Gasteiger partial charge in [0.1, 0.15) is 48.8 Å². The number of aliphatic hydroxyl groups is 8. The van der Waals surface area contributed by atoms with E-state index < -0.39 is 86.8 Å². The summed E-state index contributed by atoms with van der Waals surface area (Å²) in [5, 5.41) is 87.5. The summed E-state index contributed by atoms with van der Waals surface area (Å²) in [4.78, 5) is 13.3. The van der Waals surface area contributed by atoms with E-state index in [0.29, 0.717) is 12.8 Å². The molecule has 0 aliphatic carbocycles. The van der Waals surface area contributed by atoms with Crippen molar-refractivity contribution in [2.45, 2.75) is 408 Å². The standard InChI is InChI=1S/C78H143NO13/c1-3-5-7-9-11-13-15-17-19-21-23-24-25-26-27-28-29-30-31-32-33-34-35-36-37-38-39-40-41-42-44-46-48-50-52-54-56-58-60-62-70(83)79-66(67(82)61-59-57-55-53-51-49-47-45-43-22-20-18-16-14-12-10-8-6-4-2)65-89-77-75(88)73(86)76(69(64-81)91-77)92-78-74(87)72(85)71(84)68(63-80)90-78/h15,17,21,23,25-26,51,53,59,61,66-69,71-78,80-82,84-88H,3-14,16,18-20,22,24,27-50,52,54-58,60,62-65H2,1-2H3,(H,79,83)/b17-15-,23-21-,26-25-,53-51+,61-59+. The van der Waals surface area contributed by atoms with E-state index in [1.54, 1.807) is 6.08 Å². The molecule has 538 valence electrons. The summed E-state index contributed by atoms with van der Waals surface area (Å²) in [5.41, 5.74) is 0. The molecule has 12 unspecified atom stereocenters. The molecule has 2 fully saturated rings. The van der Waals surface area contributed by atoms with Crippen molar-refractivity contribution in [2.75, 3.05) is 19.8 Å². The Morgan fingerprint density at radius 3 is 1.14 bits per heavy atom. The van der Waals surface area contributed by atoms with Crippen LogP contribution in [0.15, 0.2) is 60.8 Å². The second kappa shape index (κ2) is 62.2. The van der Waals surface area contributed by atoms with Gasteiger partial charge in [0.25, 0.3) is 0 Å². The van der Waals surface area contributed by atoms with Crippen LogP contribution in [0.25, 0.3) is 0 Å². The number of hydrogen-bond donors (Lipinski definition) is 9. The molecule has 14 nitrogen and oxygen atoms in total. The van der Waals surface area contributed by atoms with Crippen LogP contribution in [0, 0.1) is 0 Å². The Morgan fingerprint density at radius 1 is 0.391 bits per heavy atom. The van der Waals surface area contributed by atoms with Crippen LogP contribution in [0.1, 0.15) is 335 Å². The van der Waals surface area contributed by atoms with Gasteiger partial charge in [0.2, 0.25) is 5.91 Å². The summed E-state index contributed by atoms with van der Waals surface area (Å²) >= 11 is 0. The minimum atomic E-state index is -1.79. The Morgan fingerprint density at radius 2 is 0.728 bits per heavy atom. The molecule has 0 saturated carbocycles. The zero-order valence-electron chi connectivity index (χ0n) is 58.8. The van der Waals surface area contributed by atoms with Gasteiger partial charge in [-0.15, -0.1) is 0 Å². The topological polar surface area (TPSA) is 228 Å². The van der Waals surface area contributed by atoms with Crippen LogP contribution < -0.4 is 5.32 Å². The number of carbonyl (C=O) groups excluding carboxylic acids is 1. The SMILES string of the molecule is CCCCCCC/C=C\C/C=C\C/C=C\CCCCCCCCCCCCCCCCCCCCCCCCCCC(=O)NC(COC1OC(CO)C(OC2OC(CO)C(O)C(O)C2O)C(O)C1O)C(O)/C=C/CC/C=C/CCCCCCCCCCCCCCC. The minimum absolute atomic E-state index is 0.244. The van der Waals surface area contributed by atoms with Crippen LogP contribution in [0.4, 0.5) is 0 Å². The fourth-order valence-electron chi connectivity index (χ4n) is 12.6. The first-order chi connectivity index (χ1) is 45.1. The van der Waals surface area contributed by atoms with E-state index in [2.05, 4.69) is 67.8 Å². The molecule has 2 heterocycles. The average Bonchev–Trinajstić information content (AvgIpc) is 1.05. The number of carbonyl (C=O) groups is 1. The average molecular weight is 1300 g/mol. The van der Waals surface area contributed by atoms with E-state index in [4.69, 9.17) is 18.9 Å². The molecule has 2 aliphatic heterocycles. The highest BCUT2D eigenvalue weighted by atomic mass is 16.7. The van der Waals surface area contributed by atoms with E-state index in [-0.39, 0.29) is 18.9 Å². The normalized spacial score (nSPS) is 23.0. The molecule has 14 heteroatoms. The fourth-order valence-corrected chi connectivity index (χ4v) is 12.6. The molecule has 0 bridgehead atoms. The summed E-state index contributed by atoms with van der Waals surface area (Å²) in [6.07, 6.45) is 67.4. The van der Waals surface area contributed by atoms with Crippen molar-refractivity contribution >= 4 is 5.91 Å². The van der Waals surface area contributed by atoms with E-state index in [9.17, 15) is 45.6 Å². The molecule has 2 aliphatic rings. The van der Waals surface area contributed by atoms with E-state index in [0.717, 1.165) is 44.9 Å². The van der Waals surface area contributed by atoms with Gasteiger partial charge in [-0.25, -0.2) is 0 Å². The molecule has 0 spiro atoms. The Hall–Kier alpha value is -2.31. The van der Waals surface area contributed by atoms with Crippen LogP contribution in [0.5, 0.6) is 0 Å². The van der Waals surface area contributed by atoms with Crippen LogP contribution in [-0.4, -0.2) is 140 Å². The first kappa shape index (κ1) is 85.8. The Labute approximate surface area is 562 Å². The molecule has 2 rings (SSSR count). The minimum Gasteiger partial charge on any atom is -0.394 e. The second-order valence-electron chi connectivity index (χ2n) is 27.1. The molecule has 0 aromatic carbocycles. The second-order valence-corrected chi connectivity index (χ2v) is 27.1. The number of rotatable bonds is 64. The largest absolute Gasteiger partial charge is 0.394 e. The third kappa shape index (κ3) is 45.2. The third-order valence-electron chi connectivity index (χ3n) is 18.7. The molecule has 1 amide bonds. The Balaban J connectivity index is 1.58. The number of allylic oxidation sites excluding steroid dienone is 9. The van der Waals surface area contributed by atoms with E-state index in [1.165, 1.54) is 257 Å². The summed E-state index contributed by atoms with van der Waals surface area (Å²) in [6, 6.07) is -0.932. The highest BCUT2D eigenvalue weighted by Crippen LogP contribution is 2.30. The first-order valence-corrected chi connectivity index (χ1v) is 38.5. The smallest absolute Gasteiger partial charge is 0.220 e. The summed E-state index contributed by atoms with van der Waals surface area (Å²) in [6.45, 7) is 2.81. The molecule has 12 atom stereocenters. The molecular formula is C78H143NO13. The van der Waals surface area contributed by atoms with Gasteiger partial charge in [-0.05, 0) is 70.6 Å². The molecule has 9 N–H and O–H groups in total. The van der Waals surface area contributed by atoms with Gasteiger partial charge < -0.3 is 65.1 Å². The van der Waals surface area contributed by atoms with Crippen molar-refractivity contribution in [2.24, 2.45) is 0 Å². The van der Waals surface area contributed by atoms with Gasteiger partial charge in [0.05, 0.1) is 32.0 Å². The van der Waals surface area contributed by atoms with Crippen molar-refractivity contribution in [3.8, 4) is 0 Å². The summed E-state index contributed by atoms with van der Waals surface area (Å²) in [5.74, 6) is -0.244. The predicted octanol–water partition coefficient (Wildman–Crippen LogP) is 16.8. The van der Waals surface area contributed by atoms with Gasteiger partial charge in [0, 0.05) is 6.42 Å². The first-order valence-electron chi connectivity index (χ1n) is 38.5. The maximum Gasteiger partial charge on any atom is 0.220 e. The highest BCUT2D eigenvalue weighted by molar-refractivity contribution is 5.76. The van der Waals surface area contributed by atoms with E-state index in [1.807, 2.05) is 6.08 Å². The van der Waals surface area contributed by atoms with Gasteiger partial charge in [-0.1, -0.05) is 319 Å². The lowest BCUT2D eigenvalue weighted by atomic mass is 9.97. The van der Waals surface area contributed by atoms with Gasteiger partial charge in [-0.3, -0.25) is 4.79 Å². The van der Waals surface area contributed by atoms with Gasteiger partial charge >= 0.3 is 0 Å². The van der Waals surface area contributed by atoms with Crippen molar-refractivity contribution < 1.29 is 64.6 Å². The maximum absolute atomic E-state index is 13.3. The fraction of sp³-hybridized carbons (Fsp3) is 0.859. The maximum atomic E-state index is 13.3. The van der Waals surface area contributed by atoms with Crippen molar-refractivity contribution in [1.29, 1.82) is 0 Å². The quantitative estimate of drug-likeness (QED) is 0.0204. The zero-order valence-corrected chi connectivity index (χ0v) is 58.8. The van der Waals surface area contributed by atoms with Gasteiger partial charge in [-0.2, -0.15) is 0 Å². The molecule has 0 aromatic rings. The number of amides is 1. The highest BCUT2D eigenvalue weighted by Gasteiger charge is 2.51. The number of ether oxygens (including phenoxy) is 4. The molecular weight excluding hydrogens is 1160 g/mol. The Bertz CT molecular complexity index is 1780. The number of aliphatic hydroxyl groups excluding tert-OH is 8. The molecule has 0 radical (unpaired) electrons. The number of hydrogen-bond acceptors (Lipinski definition) is 13. The summed E-state index contributed by atoms with van der Waals surface area (Å²) < 4.78 is 22.9. The lowest BCUT2D eigenvalue weighted by molar-refractivity contribution is -0.359. The van der Waals surface area contributed by atoms with Crippen LogP contribution in [0.2, 0.25) is 0 Å².